The molecule has 1 saturated heterocycles. The molecule has 0 amide bonds. The molecule has 0 bridgehead atoms. The number of likely N-dealkylation sites (tertiary alicyclic amines) is 1. The first kappa shape index (κ1) is 15.0. The van der Waals surface area contributed by atoms with E-state index in [9.17, 15) is 0 Å². The Morgan fingerprint density at radius 1 is 1.00 bits per heavy atom. The van der Waals surface area contributed by atoms with Gasteiger partial charge in [0.15, 0.2) is 0 Å². The molecule has 102 valence electrons. The average molecular weight is 240 g/mol. The maximum absolute atomic E-state index is 3.57. The molecule has 0 atom stereocenters. The molecule has 0 aromatic heterocycles. The van der Waals surface area contributed by atoms with Crippen LogP contribution in [0.1, 0.15) is 59.3 Å². The third kappa shape index (κ3) is 7.05. The number of nitrogens with one attached hydrogen (secondary N) is 1. The van der Waals surface area contributed by atoms with Crippen LogP contribution in [0.5, 0.6) is 0 Å². The maximum Gasteiger partial charge on any atom is 0.00448 e. The summed E-state index contributed by atoms with van der Waals surface area (Å²) in [5.74, 6) is 0. The molecule has 0 saturated carbocycles. The summed E-state index contributed by atoms with van der Waals surface area (Å²) < 4.78 is 0. The fraction of sp³-hybridized carbons (Fsp3) is 1.00. The van der Waals surface area contributed by atoms with Crippen molar-refractivity contribution in [3.05, 3.63) is 0 Å². The van der Waals surface area contributed by atoms with Crippen LogP contribution >= 0.6 is 0 Å². The Hall–Kier alpha value is -0.0800. The molecule has 0 unspecified atom stereocenters. The van der Waals surface area contributed by atoms with Gasteiger partial charge in [-0.05, 0) is 44.3 Å². The van der Waals surface area contributed by atoms with E-state index in [1.165, 1.54) is 58.2 Å². The molecular weight excluding hydrogens is 208 g/mol. The van der Waals surface area contributed by atoms with Crippen LogP contribution in [0.2, 0.25) is 0 Å². The lowest BCUT2D eigenvalue weighted by Crippen LogP contribution is -2.41. The van der Waals surface area contributed by atoms with Crippen molar-refractivity contribution in [1.29, 1.82) is 0 Å². The Bertz CT molecular complexity index is 181. The van der Waals surface area contributed by atoms with Gasteiger partial charge in [0, 0.05) is 13.1 Å². The van der Waals surface area contributed by atoms with E-state index in [4.69, 9.17) is 0 Å². The summed E-state index contributed by atoms with van der Waals surface area (Å²) in [6.45, 7) is 13.2. The Labute approximate surface area is 108 Å². The summed E-state index contributed by atoms with van der Waals surface area (Å²) >= 11 is 0. The van der Waals surface area contributed by atoms with Crippen molar-refractivity contribution in [2.45, 2.75) is 59.3 Å². The molecule has 0 aliphatic carbocycles. The lowest BCUT2D eigenvalue weighted by Gasteiger charge is -2.34. The Kier molecular flexibility index (Phi) is 7.14. The van der Waals surface area contributed by atoms with Gasteiger partial charge in [0.2, 0.25) is 0 Å². The first-order valence-corrected chi connectivity index (χ1v) is 7.57. The highest BCUT2D eigenvalue weighted by atomic mass is 15.1. The van der Waals surface area contributed by atoms with E-state index in [1.807, 2.05) is 0 Å². The number of hydrogen-bond donors (Lipinski definition) is 1. The molecule has 17 heavy (non-hydrogen) atoms. The smallest absolute Gasteiger partial charge is 0.00448 e. The van der Waals surface area contributed by atoms with Gasteiger partial charge in [0.25, 0.3) is 0 Å². The molecule has 0 spiro atoms. The molecule has 1 aliphatic heterocycles. The molecule has 1 rings (SSSR count). The summed E-state index contributed by atoms with van der Waals surface area (Å²) in [6.07, 6.45) is 8.36. The Morgan fingerprint density at radius 2 is 1.59 bits per heavy atom. The van der Waals surface area contributed by atoms with E-state index < -0.39 is 0 Å². The van der Waals surface area contributed by atoms with Gasteiger partial charge in [-0.15, -0.1) is 0 Å². The molecular formula is C15H32N2. The van der Waals surface area contributed by atoms with Crippen LogP contribution < -0.4 is 5.32 Å². The van der Waals surface area contributed by atoms with E-state index in [0.717, 1.165) is 13.1 Å². The summed E-state index contributed by atoms with van der Waals surface area (Å²) in [7, 11) is 0. The van der Waals surface area contributed by atoms with Gasteiger partial charge in [0.05, 0.1) is 0 Å². The minimum absolute atomic E-state index is 0.411. The van der Waals surface area contributed by atoms with Crippen molar-refractivity contribution in [3.63, 3.8) is 0 Å². The second-order valence-corrected chi connectivity index (χ2v) is 6.38. The first-order valence-electron chi connectivity index (χ1n) is 7.57. The first-order chi connectivity index (χ1) is 8.14. The topological polar surface area (TPSA) is 15.3 Å². The lowest BCUT2D eigenvalue weighted by atomic mass is 9.92. The van der Waals surface area contributed by atoms with Crippen LogP contribution in [0.4, 0.5) is 0 Å². The van der Waals surface area contributed by atoms with Crippen molar-refractivity contribution in [2.75, 3.05) is 32.7 Å². The zero-order chi connectivity index (χ0) is 12.6. The highest BCUT2D eigenvalue weighted by Crippen LogP contribution is 2.18. The van der Waals surface area contributed by atoms with Crippen molar-refractivity contribution < 1.29 is 0 Å². The van der Waals surface area contributed by atoms with Crippen LogP contribution in [-0.4, -0.2) is 37.6 Å². The van der Waals surface area contributed by atoms with Crippen molar-refractivity contribution in [2.24, 2.45) is 5.41 Å². The maximum atomic E-state index is 3.57. The van der Waals surface area contributed by atoms with Crippen LogP contribution in [0.3, 0.4) is 0 Å². The third-order valence-electron chi connectivity index (χ3n) is 3.63. The predicted octanol–water partition coefficient (Wildman–Crippen LogP) is 3.28. The minimum atomic E-state index is 0.411. The average Bonchev–Trinajstić information content (AvgIpc) is 2.22. The van der Waals surface area contributed by atoms with Crippen LogP contribution in [0, 0.1) is 5.41 Å². The summed E-state index contributed by atoms with van der Waals surface area (Å²) in [5, 5.41) is 3.57. The molecule has 1 heterocycles. The van der Waals surface area contributed by atoms with E-state index in [0.29, 0.717) is 5.41 Å². The SMILES string of the molecule is CCCNCC(C)(C)CN1CCCCCCC1. The molecule has 1 N–H and O–H groups in total. The van der Waals surface area contributed by atoms with E-state index in [2.05, 4.69) is 31.0 Å². The standard InChI is InChI=1S/C15H32N2/c1-4-10-16-13-15(2,3)14-17-11-8-6-5-7-9-12-17/h16H,4-14H2,1-3H3. The molecule has 1 fully saturated rings. The lowest BCUT2D eigenvalue weighted by molar-refractivity contribution is 0.162. The van der Waals surface area contributed by atoms with E-state index in [-0.39, 0.29) is 0 Å². The van der Waals surface area contributed by atoms with Gasteiger partial charge >= 0.3 is 0 Å². The zero-order valence-electron chi connectivity index (χ0n) is 12.2. The summed E-state index contributed by atoms with van der Waals surface area (Å²) in [5.41, 5.74) is 0.411. The molecule has 0 aromatic rings. The van der Waals surface area contributed by atoms with Gasteiger partial charge in [-0.2, -0.15) is 0 Å². The fourth-order valence-corrected chi connectivity index (χ4v) is 2.74. The molecule has 0 aromatic carbocycles. The van der Waals surface area contributed by atoms with Gasteiger partial charge in [-0.25, -0.2) is 0 Å². The molecule has 2 heteroatoms. The van der Waals surface area contributed by atoms with Crippen molar-refractivity contribution >= 4 is 0 Å². The molecule has 2 nitrogen and oxygen atoms in total. The van der Waals surface area contributed by atoms with Crippen LogP contribution in [-0.2, 0) is 0 Å². The summed E-state index contributed by atoms with van der Waals surface area (Å²) in [4.78, 5) is 2.69. The van der Waals surface area contributed by atoms with Crippen molar-refractivity contribution in [3.8, 4) is 0 Å². The molecule has 1 aliphatic rings. The van der Waals surface area contributed by atoms with Crippen LogP contribution in [0.25, 0.3) is 0 Å². The quantitative estimate of drug-likeness (QED) is 0.717. The molecule has 0 radical (unpaired) electrons. The van der Waals surface area contributed by atoms with Gasteiger partial charge in [0.1, 0.15) is 0 Å². The highest BCUT2D eigenvalue weighted by molar-refractivity contribution is 4.77. The summed E-state index contributed by atoms with van der Waals surface area (Å²) in [6, 6.07) is 0. The second kappa shape index (κ2) is 8.10. The van der Waals surface area contributed by atoms with E-state index in [1.54, 1.807) is 0 Å². The Morgan fingerprint density at radius 3 is 2.18 bits per heavy atom. The largest absolute Gasteiger partial charge is 0.316 e. The van der Waals surface area contributed by atoms with Crippen molar-refractivity contribution in [1.82, 2.24) is 10.2 Å². The normalized spacial score (nSPS) is 19.9. The minimum Gasteiger partial charge on any atom is -0.316 e. The van der Waals surface area contributed by atoms with Gasteiger partial charge in [-0.3, -0.25) is 0 Å². The monoisotopic (exact) mass is 240 g/mol. The van der Waals surface area contributed by atoms with E-state index >= 15 is 0 Å². The number of hydrogen-bond acceptors (Lipinski definition) is 2. The highest BCUT2D eigenvalue weighted by Gasteiger charge is 2.21. The Balaban J connectivity index is 2.27. The van der Waals surface area contributed by atoms with Gasteiger partial charge in [-0.1, -0.05) is 40.0 Å². The number of rotatable bonds is 6. The number of nitrogens with zero attached hydrogens (tertiary/aromatic N) is 1. The second-order valence-electron chi connectivity index (χ2n) is 6.38. The fourth-order valence-electron chi connectivity index (χ4n) is 2.74. The predicted molar refractivity (Wildman–Crippen MR) is 76.5 cm³/mol. The van der Waals surface area contributed by atoms with Gasteiger partial charge < -0.3 is 10.2 Å². The third-order valence-corrected chi connectivity index (χ3v) is 3.63. The van der Waals surface area contributed by atoms with Crippen LogP contribution in [0.15, 0.2) is 0 Å². The zero-order valence-corrected chi connectivity index (χ0v) is 12.2.